The number of carbonyl (C=O) groups excluding carboxylic acids is 1. The molecule has 0 atom stereocenters. The highest BCUT2D eigenvalue weighted by Crippen LogP contribution is 2.33. The predicted octanol–water partition coefficient (Wildman–Crippen LogP) is 5.21. The van der Waals surface area contributed by atoms with Crippen LogP contribution in [0, 0.1) is 0 Å². The van der Waals surface area contributed by atoms with Gasteiger partial charge in [-0.15, -0.1) is 11.3 Å². The summed E-state index contributed by atoms with van der Waals surface area (Å²) >= 11 is 4.61. The molecule has 0 radical (unpaired) electrons. The minimum Gasteiger partial charge on any atom is -0.322 e. The number of benzene rings is 2. The molecule has 29 heavy (non-hydrogen) atoms. The molecule has 1 N–H and O–H groups in total. The average Bonchev–Trinajstić information content (AvgIpc) is 3.43. The first-order valence-corrected chi connectivity index (χ1v) is 12.3. The van der Waals surface area contributed by atoms with Crippen LogP contribution in [-0.2, 0) is 10.0 Å². The van der Waals surface area contributed by atoms with Gasteiger partial charge in [-0.25, -0.2) is 8.42 Å². The van der Waals surface area contributed by atoms with Gasteiger partial charge in [0.05, 0.1) is 0 Å². The number of sulfonamides is 1. The van der Waals surface area contributed by atoms with Gasteiger partial charge in [-0.3, -0.25) is 4.79 Å². The second-order valence-corrected chi connectivity index (χ2v) is 10.9. The molecule has 1 amide bonds. The highest BCUT2D eigenvalue weighted by Gasteiger charge is 2.28. The number of nitrogens with one attached hydrogen (secondary N) is 1. The van der Waals surface area contributed by atoms with Gasteiger partial charge in [-0.1, -0.05) is 28.1 Å². The van der Waals surface area contributed by atoms with Crippen LogP contribution in [-0.4, -0.2) is 31.7 Å². The van der Waals surface area contributed by atoms with E-state index in [1.54, 1.807) is 34.6 Å². The van der Waals surface area contributed by atoms with Crippen LogP contribution in [0.3, 0.4) is 0 Å². The second-order valence-electron chi connectivity index (χ2n) is 6.77. The summed E-state index contributed by atoms with van der Waals surface area (Å²) in [7, 11) is -3.43. The Balaban J connectivity index is 1.55. The summed E-state index contributed by atoms with van der Waals surface area (Å²) in [5.74, 6) is -0.212. The van der Waals surface area contributed by atoms with Gasteiger partial charge in [0.2, 0.25) is 0 Å². The molecule has 8 heteroatoms. The number of hydrogen-bond donors (Lipinski definition) is 1. The van der Waals surface area contributed by atoms with Crippen LogP contribution < -0.4 is 5.32 Å². The molecule has 0 saturated carbocycles. The fourth-order valence-corrected chi connectivity index (χ4v) is 6.46. The van der Waals surface area contributed by atoms with Gasteiger partial charge < -0.3 is 5.32 Å². The Morgan fingerprint density at radius 1 is 1.00 bits per heavy atom. The first kappa shape index (κ1) is 20.3. The Bertz CT molecular complexity index is 1130. The van der Waals surface area contributed by atoms with E-state index in [-0.39, 0.29) is 5.91 Å². The molecule has 1 aliphatic heterocycles. The van der Waals surface area contributed by atoms with E-state index in [2.05, 4.69) is 21.2 Å². The van der Waals surface area contributed by atoms with Crippen LogP contribution in [0.25, 0.3) is 10.4 Å². The van der Waals surface area contributed by atoms with Gasteiger partial charge in [0.15, 0.2) is 0 Å². The first-order chi connectivity index (χ1) is 13.9. The number of hydrogen-bond acceptors (Lipinski definition) is 4. The minimum atomic E-state index is -3.43. The molecule has 1 aromatic heterocycles. The van der Waals surface area contributed by atoms with E-state index in [1.165, 1.54) is 11.3 Å². The fraction of sp³-hybridized carbons (Fsp3) is 0.190. The van der Waals surface area contributed by atoms with Crippen LogP contribution >= 0.6 is 27.3 Å². The summed E-state index contributed by atoms with van der Waals surface area (Å²) < 4.78 is 28.3. The van der Waals surface area contributed by atoms with Gasteiger partial charge >= 0.3 is 0 Å². The lowest BCUT2D eigenvalue weighted by Gasteiger charge is -2.13. The Morgan fingerprint density at radius 2 is 1.72 bits per heavy atom. The second kappa shape index (κ2) is 8.39. The lowest BCUT2D eigenvalue weighted by molar-refractivity contribution is 0.102. The van der Waals surface area contributed by atoms with Gasteiger partial charge in [-0.05, 0) is 66.9 Å². The summed E-state index contributed by atoms with van der Waals surface area (Å²) in [4.78, 5) is 13.4. The lowest BCUT2D eigenvalue weighted by Crippen LogP contribution is -2.27. The smallest absolute Gasteiger partial charge is 0.255 e. The van der Waals surface area contributed by atoms with Crippen molar-refractivity contribution in [2.45, 2.75) is 17.1 Å². The third-order valence-electron chi connectivity index (χ3n) is 4.75. The number of halogens is 1. The van der Waals surface area contributed by atoms with Crippen LogP contribution in [0.2, 0.25) is 0 Å². The van der Waals surface area contributed by atoms with E-state index < -0.39 is 10.0 Å². The van der Waals surface area contributed by atoms with Crippen molar-refractivity contribution in [3.63, 3.8) is 0 Å². The van der Waals surface area contributed by atoms with Gasteiger partial charge in [-0.2, -0.15) is 4.31 Å². The number of thiophene rings is 1. The van der Waals surface area contributed by atoms with Crippen molar-refractivity contribution in [2.24, 2.45) is 0 Å². The maximum atomic E-state index is 12.8. The quantitative estimate of drug-likeness (QED) is 0.533. The van der Waals surface area contributed by atoms with E-state index in [0.29, 0.717) is 28.5 Å². The largest absolute Gasteiger partial charge is 0.322 e. The molecule has 0 bridgehead atoms. The summed E-state index contributed by atoms with van der Waals surface area (Å²) in [5.41, 5.74) is 2.04. The zero-order valence-electron chi connectivity index (χ0n) is 15.5. The number of amides is 1. The van der Waals surface area contributed by atoms with Gasteiger partial charge in [0, 0.05) is 33.7 Å². The zero-order valence-corrected chi connectivity index (χ0v) is 18.7. The molecule has 1 aliphatic rings. The summed E-state index contributed by atoms with van der Waals surface area (Å²) in [6.45, 7) is 1.17. The van der Waals surface area contributed by atoms with Crippen molar-refractivity contribution >= 4 is 48.9 Å². The normalized spacial score (nSPS) is 14.8. The zero-order chi connectivity index (χ0) is 20.4. The van der Waals surface area contributed by atoms with E-state index in [1.807, 2.05) is 30.3 Å². The molecule has 0 unspecified atom stereocenters. The molecule has 0 spiro atoms. The molecule has 1 fully saturated rings. The van der Waals surface area contributed by atoms with E-state index in [9.17, 15) is 13.2 Å². The first-order valence-electron chi connectivity index (χ1n) is 9.21. The topological polar surface area (TPSA) is 66.5 Å². The highest BCUT2D eigenvalue weighted by atomic mass is 79.9. The van der Waals surface area contributed by atoms with Crippen LogP contribution in [0.4, 0.5) is 5.69 Å². The van der Waals surface area contributed by atoms with Crippen molar-refractivity contribution in [3.05, 3.63) is 70.7 Å². The highest BCUT2D eigenvalue weighted by molar-refractivity contribution is 9.10. The molecule has 1 saturated heterocycles. The molecule has 5 nitrogen and oxygen atoms in total. The Labute approximate surface area is 182 Å². The Hall–Kier alpha value is -2.00. The molecule has 3 aromatic rings. The standard InChI is InChI=1S/C21H19BrN2O3S2/c22-17-6-8-18(9-7-17)23-21(25)16-5-3-4-15(14-16)19-10-11-20(28-19)29(26,27)24-12-1-2-13-24/h3-11,14H,1-2,12-13H2,(H,23,25). The monoisotopic (exact) mass is 490 g/mol. The summed E-state index contributed by atoms with van der Waals surface area (Å²) in [6, 6.07) is 18.0. The third kappa shape index (κ3) is 4.45. The van der Waals surface area contributed by atoms with Crippen molar-refractivity contribution < 1.29 is 13.2 Å². The van der Waals surface area contributed by atoms with Crippen LogP contribution in [0.1, 0.15) is 23.2 Å². The van der Waals surface area contributed by atoms with Gasteiger partial charge in [0.1, 0.15) is 4.21 Å². The van der Waals surface area contributed by atoms with Crippen molar-refractivity contribution in [1.29, 1.82) is 0 Å². The Morgan fingerprint density at radius 3 is 2.45 bits per heavy atom. The molecule has 2 heterocycles. The molecule has 150 valence electrons. The number of nitrogens with zero attached hydrogens (tertiary/aromatic N) is 1. The Kier molecular flexibility index (Phi) is 5.87. The molecule has 0 aliphatic carbocycles. The van der Waals surface area contributed by atoms with E-state index in [4.69, 9.17) is 0 Å². The maximum Gasteiger partial charge on any atom is 0.255 e. The van der Waals surface area contributed by atoms with E-state index in [0.717, 1.165) is 27.8 Å². The molecule has 4 rings (SSSR count). The third-order valence-corrected chi connectivity index (χ3v) is 8.78. The predicted molar refractivity (Wildman–Crippen MR) is 120 cm³/mol. The SMILES string of the molecule is O=C(Nc1ccc(Br)cc1)c1cccc(-c2ccc(S(=O)(=O)N3CCCC3)s2)c1. The number of rotatable bonds is 5. The molecule has 2 aromatic carbocycles. The average molecular weight is 491 g/mol. The van der Waals surface area contributed by atoms with Crippen molar-refractivity contribution in [2.75, 3.05) is 18.4 Å². The fourth-order valence-electron chi connectivity index (χ4n) is 3.22. The van der Waals surface area contributed by atoms with Crippen molar-refractivity contribution in [3.8, 4) is 10.4 Å². The number of anilines is 1. The minimum absolute atomic E-state index is 0.212. The molecular weight excluding hydrogens is 472 g/mol. The van der Waals surface area contributed by atoms with Crippen molar-refractivity contribution in [1.82, 2.24) is 4.31 Å². The lowest BCUT2D eigenvalue weighted by atomic mass is 10.1. The van der Waals surface area contributed by atoms with Gasteiger partial charge in [0.25, 0.3) is 15.9 Å². The summed E-state index contributed by atoms with van der Waals surface area (Å²) in [5, 5.41) is 2.87. The van der Waals surface area contributed by atoms with Crippen LogP contribution in [0.5, 0.6) is 0 Å². The van der Waals surface area contributed by atoms with E-state index >= 15 is 0 Å². The maximum absolute atomic E-state index is 12.8. The number of carbonyl (C=O) groups is 1. The summed E-state index contributed by atoms with van der Waals surface area (Å²) in [6.07, 6.45) is 1.82. The van der Waals surface area contributed by atoms with Crippen LogP contribution in [0.15, 0.2) is 69.3 Å². The molecular formula is C21H19BrN2O3S2.